The highest BCUT2D eigenvalue weighted by molar-refractivity contribution is 5.94. The topological polar surface area (TPSA) is 46.9 Å². The van der Waals surface area contributed by atoms with E-state index in [9.17, 15) is 13.6 Å². The largest absolute Gasteiger partial charge is 0.310 e. The van der Waals surface area contributed by atoms with Gasteiger partial charge >= 0.3 is 0 Å². The van der Waals surface area contributed by atoms with E-state index in [0.717, 1.165) is 22.9 Å². The number of hydrogen-bond donors (Lipinski definition) is 1. The Bertz CT molecular complexity index is 943. The second kappa shape index (κ2) is 5.81. The molecule has 1 N–H and O–H groups in total. The fraction of sp³-hybridized carbons (Fsp3) is 0.158. The molecule has 1 aromatic heterocycles. The quantitative estimate of drug-likeness (QED) is 0.769. The summed E-state index contributed by atoms with van der Waals surface area (Å²) < 4.78 is 28.8. The number of fused-ring (bicyclic) bond motifs is 1. The lowest BCUT2D eigenvalue weighted by Gasteiger charge is -2.24. The Morgan fingerprint density at radius 2 is 1.80 bits per heavy atom. The zero-order valence-corrected chi connectivity index (χ0v) is 13.5. The van der Waals surface area contributed by atoms with E-state index in [2.05, 4.69) is 10.4 Å². The normalized spacial score (nSPS) is 16.4. The Kier molecular flexibility index (Phi) is 3.60. The van der Waals surface area contributed by atoms with Gasteiger partial charge in [0.2, 0.25) is 5.91 Å². The molecule has 0 bridgehead atoms. The van der Waals surface area contributed by atoms with E-state index in [-0.39, 0.29) is 12.3 Å². The molecule has 2 aromatic carbocycles. The minimum Gasteiger partial charge on any atom is -0.310 e. The number of hydrogen-bond acceptors (Lipinski definition) is 2. The summed E-state index contributed by atoms with van der Waals surface area (Å²) in [4.78, 5) is 12.2. The zero-order valence-electron chi connectivity index (χ0n) is 13.5. The Hall–Kier alpha value is -3.02. The molecule has 6 heteroatoms. The van der Waals surface area contributed by atoms with Gasteiger partial charge in [-0.05, 0) is 36.8 Å². The first-order valence-corrected chi connectivity index (χ1v) is 7.92. The van der Waals surface area contributed by atoms with Gasteiger partial charge in [0.25, 0.3) is 0 Å². The Morgan fingerprint density at radius 3 is 2.48 bits per heavy atom. The number of carbonyl (C=O) groups excluding carboxylic acids is 1. The van der Waals surface area contributed by atoms with Crippen LogP contribution in [-0.2, 0) is 4.79 Å². The summed E-state index contributed by atoms with van der Waals surface area (Å²) >= 11 is 0. The molecule has 1 aliphatic heterocycles. The Balaban J connectivity index is 1.82. The van der Waals surface area contributed by atoms with Gasteiger partial charge in [-0.3, -0.25) is 4.79 Å². The smallest absolute Gasteiger partial charge is 0.226 e. The number of nitrogens with one attached hydrogen (secondary N) is 1. The first-order valence-electron chi connectivity index (χ1n) is 7.92. The van der Waals surface area contributed by atoms with Gasteiger partial charge in [0.05, 0.1) is 11.9 Å². The summed E-state index contributed by atoms with van der Waals surface area (Å²) in [7, 11) is 0. The van der Waals surface area contributed by atoms with Crippen molar-refractivity contribution in [3.8, 4) is 5.69 Å². The summed E-state index contributed by atoms with van der Waals surface area (Å²) in [5, 5.41) is 7.19. The average Bonchev–Trinajstić information content (AvgIpc) is 2.97. The van der Waals surface area contributed by atoms with Crippen LogP contribution >= 0.6 is 0 Å². The van der Waals surface area contributed by atoms with Crippen LogP contribution in [0.3, 0.4) is 0 Å². The predicted molar refractivity (Wildman–Crippen MR) is 89.7 cm³/mol. The number of aryl methyl sites for hydroxylation is 1. The molecule has 0 aliphatic carbocycles. The van der Waals surface area contributed by atoms with Crippen molar-refractivity contribution in [2.75, 3.05) is 5.32 Å². The summed E-state index contributed by atoms with van der Waals surface area (Å²) in [6.07, 6.45) is 1.76. The van der Waals surface area contributed by atoms with Crippen molar-refractivity contribution in [3.05, 3.63) is 77.0 Å². The Labute approximate surface area is 143 Å². The van der Waals surface area contributed by atoms with E-state index in [4.69, 9.17) is 0 Å². The molecule has 0 unspecified atom stereocenters. The lowest BCUT2D eigenvalue weighted by molar-refractivity contribution is -0.116. The number of rotatable bonds is 2. The fourth-order valence-electron chi connectivity index (χ4n) is 3.18. The minimum absolute atomic E-state index is 0.121. The maximum atomic E-state index is 13.6. The molecule has 0 saturated carbocycles. The average molecular weight is 339 g/mol. The molecule has 0 saturated heterocycles. The standard InChI is InChI=1S/C19H15F2N3O/c1-11-2-4-15(5-3-11)24-19-17(10-22-24)16(9-18(25)23-19)12-6-13(20)8-14(21)7-12/h2-8,10,16H,9H2,1H3,(H,23,25)/t16-/m1/s1. The summed E-state index contributed by atoms with van der Waals surface area (Å²) in [6.45, 7) is 1.98. The minimum atomic E-state index is -0.659. The number of aromatic nitrogens is 2. The molecule has 3 aromatic rings. The van der Waals surface area contributed by atoms with Crippen molar-refractivity contribution in [3.63, 3.8) is 0 Å². The molecular formula is C19H15F2N3O. The molecule has 1 amide bonds. The van der Waals surface area contributed by atoms with Gasteiger partial charge < -0.3 is 5.32 Å². The van der Waals surface area contributed by atoms with Crippen molar-refractivity contribution in [1.82, 2.24) is 9.78 Å². The highest BCUT2D eigenvalue weighted by Crippen LogP contribution is 2.38. The van der Waals surface area contributed by atoms with Crippen LogP contribution in [-0.4, -0.2) is 15.7 Å². The summed E-state index contributed by atoms with van der Waals surface area (Å²) in [6, 6.07) is 11.1. The van der Waals surface area contributed by atoms with Gasteiger partial charge in [0.1, 0.15) is 17.5 Å². The third-order valence-corrected chi connectivity index (χ3v) is 4.39. The fourth-order valence-corrected chi connectivity index (χ4v) is 3.18. The van der Waals surface area contributed by atoms with Crippen LogP contribution in [0.15, 0.2) is 48.7 Å². The van der Waals surface area contributed by atoms with Crippen LogP contribution in [0.2, 0.25) is 0 Å². The molecule has 2 heterocycles. The third kappa shape index (κ3) is 2.80. The van der Waals surface area contributed by atoms with E-state index in [1.165, 1.54) is 12.1 Å². The van der Waals surface area contributed by atoms with Crippen molar-refractivity contribution < 1.29 is 13.6 Å². The second-order valence-electron chi connectivity index (χ2n) is 6.20. The van der Waals surface area contributed by atoms with Crippen LogP contribution in [0.5, 0.6) is 0 Å². The third-order valence-electron chi connectivity index (χ3n) is 4.39. The van der Waals surface area contributed by atoms with Gasteiger partial charge in [-0.15, -0.1) is 0 Å². The van der Waals surface area contributed by atoms with Crippen LogP contribution in [0, 0.1) is 18.6 Å². The molecule has 1 atom stereocenters. The molecule has 126 valence electrons. The van der Waals surface area contributed by atoms with E-state index in [0.29, 0.717) is 11.4 Å². The molecule has 1 aliphatic rings. The SMILES string of the molecule is Cc1ccc(-n2ncc3c2NC(=O)C[C@@H]3c2cc(F)cc(F)c2)cc1. The van der Waals surface area contributed by atoms with Crippen molar-refractivity contribution in [2.45, 2.75) is 19.3 Å². The number of halogens is 2. The second-order valence-corrected chi connectivity index (χ2v) is 6.20. The van der Waals surface area contributed by atoms with Crippen LogP contribution in [0.4, 0.5) is 14.6 Å². The number of anilines is 1. The molecule has 4 nitrogen and oxygen atoms in total. The first kappa shape index (κ1) is 15.5. The predicted octanol–water partition coefficient (Wildman–Crippen LogP) is 3.93. The van der Waals surface area contributed by atoms with E-state index in [1.54, 1.807) is 10.9 Å². The number of carbonyl (C=O) groups is 1. The van der Waals surface area contributed by atoms with Crippen molar-refractivity contribution in [2.24, 2.45) is 0 Å². The monoisotopic (exact) mass is 339 g/mol. The molecule has 0 fully saturated rings. The number of nitrogens with zero attached hydrogens (tertiary/aromatic N) is 2. The number of amides is 1. The molecule has 0 radical (unpaired) electrons. The zero-order chi connectivity index (χ0) is 17.6. The van der Waals surface area contributed by atoms with E-state index >= 15 is 0 Å². The first-order chi connectivity index (χ1) is 12.0. The summed E-state index contributed by atoms with van der Waals surface area (Å²) in [5.41, 5.74) is 3.09. The van der Waals surface area contributed by atoms with Crippen LogP contribution in [0.25, 0.3) is 5.69 Å². The van der Waals surface area contributed by atoms with Gasteiger partial charge in [-0.2, -0.15) is 5.10 Å². The van der Waals surface area contributed by atoms with Crippen molar-refractivity contribution >= 4 is 11.7 Å². The summed E-state index contributed by atoms with van der Waals surface area (Å²) in [5.74, 6) is -1.43. The number of benzene rings is 2. The lowest BCUT2D eigenvalue weighted by Crippen LogP contribution is -2.24. The van der Waals surface area contributed by atoms with Gasteiger partial charge in [-0.25, -0.2) is 13.5 Å². The molecule has 25 heavy (non-hydrogen) atoms. The van der Waals surface area contributed by atoms with Crippen molar-refractivity contribution in [1.29, 1.82) is 0 Å². The van der Waals surface area contributed by atoms with Crippen LogP contribution < -0.4 is 5.32 Å². The van der Waals surface area contributed by atoms with E-state index < -0.39 is 17.6 Å². The molecular weight excluding hydrogens is 324 g/mol. The van der Waals surface area contributed by atoms with Gasteiger partial charge in [0, 0.05) is 24.0 Å². The molecule has 4 rings (SSSR count). The van der Waals surface area contributed by atoms with Gasteiger partial charge in [0.15, 0.2) is 0 Å². The van der Waals surface area contributed by atoms with Gasteiger partial charge in [-0.1, -0.05) is 17.7 Å². The Morgan fingerprint density at radius 1 is 1.12 bits per heavy atom. The highest BCUT2D eigenvalue weighted by atomic mass is 19.1. The van der Waals surface area contributed by atoms with E-state index in [1.807, 2.05) is 31.2 Å². The maximum Gasteiger partial charge on any atom is 0.226 e. The van der Waals surface area contributed by atoms with Crippen LogP contribution in [0.1, 0.15) is 29.0 Å². The maximum absolute atomic E-state index is 13.6. The molecule has 0 spiro atoms. The highest BCUT2D eigenvalue weighted by Gasteiger charge is 2.30. The lowest BCUT2D eigenvalue weighted by atomic mass is 9.87.